The van der Waals surface area contributed by atoms with Crippen LogP contribution in [0.25, 0.3) is 0 Å². The summed E-state index contributed by atoms with van der Waals surface area (Å²) in [7, 11) is 1.82. The quantitative estimate of drug-likeness (QED) is 0.353. The van der Waals surface area contributed by atoms with Crippen LogP contribution < -0.4 is 16.0 Å². The van der Waals surface area contributed by atoms with Gasteiger partial charge in [0.15, 0.2) is 5.96 Å². The number of nitrogens with zero attached hydrogens (tertiary/aromatic N) is 2. The number of hydrogen-bond acceptors (Lipinski definition) is 3. The van der Waals surface area contributed by atoms with E-state index in [0.717, 1.165) is 50.2 Å². The van der Waals surface area contributed by atoms with Crippen molar-refractivity contribution in [1.82, 2.24) is 15.6 Å². The standard InChI is InChI=1S/C17H31N5/c1-15(2)9-8-14-22-17(18-3)21-13-7-6-12-20-16-10-4-5-11-19-16/h4-5,10-11,15H,6-9,12-14H2,1-3H3,(H,19,20)(H2,18,21,22). The maximum absolute atomic E-state index is 4.24. The molecule has 0 amide bonds. The van der Waals surface area contributed by atoms with Gasteiger partial charge in [0, 0.05) is 32.9 Å². The van der Waals surface area contributed by atoms with E-state index in [0.29, 0.717) is 0 Å². The number of anilines is 1. The Balaban J connectivity index is 2.00. The number of rotatable bonds is 10. The summed E-state index contributed by atoms with van der Waals surface area (Å²) in [5, 5.41) is 10.0. The molecular formula is C17H31N5. The summed E-state index contributed by atoms with van der Waals surface area (Å²) >= 11 is 0. The lowest BCUT2D eigenvalue weighted by Gasteiger charge is -2.12. The Morgan fingerprint density at radius 3 is 2.45 bits per heavy atom. The molecule has 3 N–H and O–H groups in total. The van der Waals surface area contributed by atoms with E-state index in [-0.39, 0.29) is 0 Å². The second kappa shape index (κ2) is 11.8. The summed E-state index contributed by atoms with van der Waals surface area (Å²) < 4.78 is 0. The van der Waals surface area contributed by atoms with Gasteiger partial charge in [0.05, 0.1) is 0 Å². The summed E-state index contributed by atoms with van der Waals surface area (Å²) in [6, 6.07) is 5.90. The second-order valence-electron chi connectivity index (χ2n) is 5.81. The molecule has 0 atom stereocenters. The molecule has 1 heterocycles. The van der Waals surface area contributed by atoms with Crippen molar-refractivity contribution in [2.24, 2.45) is 10.9 Å². The molecule has 0 spiro atoms. The van der Waals surface area contributed by atoms with Gasteiger partial charge in [0.1, 0.15) is 5.82 Å². The summed E-state index contributed by atoms with van der Waals surface area (Å²) in [6.45, 7) is 7.38. The third-order valence-corrected chi connectivity index (χ3v) is 3.34. The molecule has 0 aliphatic carbocycles. The van der Waals surface area contributed by atoms with E-state index in [9.17, 15) is 0 Å². The predicted octanol–water partition coefficient (Wildman–Crippen LogP) is 2.87. The summed E-state index contributed by atoms with van der Waals surface area (Å²) in [4.78, 5) is 8.48. The SMILES string of the molecule is CN=C(NCCCCNc1ccccn1)NCCCC(C)C. The lowest BCUT2D eigenvalue weighted by Crippen LogP contribution is -2.38. The zero-order chi connectivity index (χ0) is 16.0. The highest BCUT2D eigenvalue weighted by Crippen LogP contribution is 2.02. The van der Waals surface area contributed by atoms with Gasteiger partial charge in [0.2, 0.25) is 0 Å². The van der Waals surface area contributed by atoms with Gasteiger partial charge in [-0.05, 0) is 43.7 Å². The minimum atomic E-state index is 0.767. The van der Waals surface area contributed by atoms with Gasteiger partial charge in [0.25, 0.3) is 0 Å². The zero-order valence-electron chi connectivity index (χ0n) is 14.2. The molecule has 124 valence electrons. The fourth-order valence-electron chi connectivity index (χ4n) is 2.08. The number of hydrogen-bond donors (Lipinski definition) is 3. The summed E-state index contributed by atoms with van der Waals surface area (Å²) in [6.07, 6.45) is 6.45. The van der Waals surface area contributed by atoms with Crippen molar-refractivity contribution in [3.8, 4) is 0 Å². The average Bonchev–Trinajstić information content (AvgIpc) is 2.53. The van der Waals surface area contributed by atoms with Gasteiger partial charge in [-0.15, -0.1) is 0 Å². The number of aromatic nitrogens is 1. The van der Waals surface area contributed by atoms with Gasteiger partial charge in [-0.25, -0.2) is 4.98 Å². The van der Waals surface area contributed by atoms with Crippen molar-refractivity contribution in [1.29, 1.82) is 0 Å². The molecule has 0 bridgehead atoms. The third-order valence-electron chi connectivity index (χ3n) is 3.34. The Hall–Kier alpha value is -1.78. The Morgan fingerprint density at radius 2 is 1.82 bits per heavy atom. The van der Waals surface area contributed by atoms with Crippen LogP contribution in [0.15, 0.2) is 29.4 Å². The molecule has 0 fully saturated rings. The normalized spacial score (nSPS) is 11.5. The molecule has 5 nitrogen and oxygen atoms in total. The predicted molar refractivity (Wildman–Crippen MR) is 95.4 cm³/mol. The topological polar surface area (TPSA) is 61.3 Å². The lowest BCUT2D eigenvalue weighted by molar-refractivity contribution is 0.549. The minimum Gasteiger partial charge on any atom is -0.370 e. The van der Waals surface area contributed by atoms with E-state index < -0.39 is 0 Å². The van der Waals surface area contributed by atoms with E-state index in [1.54, 1.807) is 6.20 Å². The van der Waals surface area contributed by atoms with Crippen molar-refractivity contribution < 1.29 is 0 Å². The van der Waals surface area contributed by atoms with Gasteiger partial charge >= 0.3 is 0 Å². The van der Waals surface area contributed by atoms with E-state index in [1.165, 1.54) is 12.8 Å². The molecule has 0 saturated heterocycles. The van der Waals surface area contributed by atoms with Crippen molar-refractivity contribution >= 4 is 11.8 Å². The number of unbranched alkanes of at least 4 members (excludes halogenated alkanes) is 1. The van der Waals surface area contributed by atoms with Gasteiger partial charge in [-0.2, -0.15) is 0 Å². The van der Waals surface area contributed by atoms with Crippen LogP contribution in [-0.2, 0) is 0 Å². The zero-order valence-corrected chi connectivity index (χ0v) is 14.2. The van der Waals surface area contributed by atoms with Gasteiger partial charge in [-0.3, -0.25) is 4.99 Å². The van der Waals surface area contributed by atoms with E-state index in [4.69, 9.17) is 0 Å². The van der Waals surface area contributed by atoms with Gasteiger partial charge < -0.3 is 16.0 Å². The summed E-state index contributed by atoms with van der Waals surface area (Å²) in [5.74, 6) is 2.61. The fourth-order valence-corrected chi connectivity index (χ4v) is 2.08. The van der Waals surface area contributed by atoms with E-state index >= 15 is 0 Å². The first-order chi connectivity index (χ1) is 10.7. The van der Waals surface area contributed by atoms with Crippen LogP contribution in [0.2, 0.25) is 0 Å². The van der Waals surface area contributed by atoms with Crippen LogP contribution in [0.5, 0.6) is 0 Å². The molecule has 1 aromatic heterocycles. The maximum atomic E-state index is 4.24. The average molecular weight is 305 g/mol. The molecule has 22 heavy (non-hydrogen) atoms. The molecule has 0 aromatic carbocycles. The van der Waals surface area contributed by atoms with Crippen LogP contribution in [-0.4, -0.2) is 37.6 Å². The van der Waals surface area contributed by atoms with Crippen molar-refractivity contribution in [2.75, 3.05) is 32.0 Å². The molecule has 0 aliphatic heterocycles. The van der Waals surface area contributed by atoms with Crippen LogP contribution in [0, 0.1) is 5.92 Å². The Labute approximate surface area is 135 Å². The third kappa shape index (κ3) is 9.21. The minimum absolute atomic E-state index is 0.767. The van der Waals surface area contributed by atoms with E-state index in [2.05, 4.69) is 39.8 Å². The van der Waals surface area contributed by atoms with Crippen LogP contribution >= 0.6 is 0 Å². The smallest absolute Gasteiger partial charge is 0.190 e. The molecule has 1 aromatic rings. The van der Waals surface area contributed by atoms with Crippen LogP contribution in [0.3, 0.4) is 0 Å². The fraction of sp³-hybridized carbons (Fsp3) is 0.647. The maximum Gasteiger partial charge on any atom is 0.190 e. The highest BCUT2D eigenvalue weighted by Gasteiger charge is 1.98. The first-order valence-corrected chi connectivity index (χ1v) is 8.31. The van der Waals surface area contributed by atoms with Crippen LogP contribution in [0.1, 0.15) is 39.5 Å². The van der Waals surface area contributed by atoms with Crippen LogP contribution in [0.4, 0.5) is 5.82 Å². The molecule has 1 rings (SSSR count). The highest BCUT2D eigenvalue weighted by molar-refractivity contribution is 5.79. The van der Waals surface area contributed by atoms with Crippen molar-refractivity contribution in [3.63, 3.8) is 0 Å². The highest BCUT2D eigenvalue weighted by atomic mass is 15.2. The molecular weight excluding hydrogens is 274 g/mol. The summed E-state index contributed by atoms with van der Waals surface area (Å²) in [5.41, 5.74) is 0. The molecule has 0 unspecified atom stereocenters. The second-order valence-corrected chi connectivity index (χ2v) is 5.81. The molecule has 0 radical (unpaired) electrons. The number of aliphatic imine (C=N–C) groups is 1. The van der Waals surface area contributed by atoms with Crippen molar-refractivity contribution in [2.45, 2.75) is 39.5 Å². The number of pyridine rings is 1. The molecule has 0 saturated carbocycles. The lowest BCUT2D eigenvalue weighted by atomic mass is 10.1. The Kier molecular flexibility index (Phi) is 9.83. The monoisotopic (exact) mass is 305 g/mol. The number of guanidine groups is 1. The first-order valence-electron chi connectivity index (χ1n) is 8.31. The molecule has 5 heteroatoms. The van der Waals surface area contributed by atoms with Crippen molar-refractivity contribution in [3.05, 3.63) is 24.4 Å². The first kappa shape index (κ1) is 18.3. The Bertz CT molecular complexity index is 403. The van der Waals surface area contributed by atoms with E-state index in [1.807, 2.05) is 25.2 Å². The largest absolute Gasteiger partial charge is 0.370 e. The molecule has 0 aliphatic rings. The number of nitrogens with one attached hydrogen (secondary N) is 3. The Morgan fingerprint density at radius 1 is 1.09 bits per heavy atom. The van der Waals surface area contributed by atoms with Gasteiger partial charge in [-0.1, -0.05) is 19.9 Å².